The molecule has 29 heavy (non-hydrogen) atoms. The van der Waals surface area contributed by atoms with E-state index < -0.39 is 8.32 Å². The third kappa shape index (κ3) is 3.75. The third-order valence-electron chi connectivity index (χ3n) is 4.66. The van der Waals surface area contributed by atoms with Gasteiger partial charge in [-0.2, -0.15) is 5.26 Å². The molecular weight excluding hydrogens is 376 g/mol. The highest BCUT2D eigenvalue weighted by Crippen LogP contribution is 2.11. The fraction of sp³-hybridized carbons (Fsp3) is 0. The van der Waals surface area contributed by atoms with E-state index in [1.807, 2.05) is 60.7 Å². The second-order valence-electron chi connectivity index (χ2n) is 6.45. The molecule has 0 unspecified atom stereocenters. The molecule has 1 aromatic heterocycles. The van der Waals surface area contributed by atoms with Crippen LogP contribution >= 0.6 is 0 Å². The third-order valence-corrected chi connectivity index (χ3v) is 8.48. The van der Waals surface area contributed by atoms with E-state index in [9.17, 15) is 0 Å². The van der Waals surface area contributed by atoms with Crippen LogP contribution in [0.25, 0.3) is 0 Å². The second-order valence-corrected chi connectivity index (χ2v) is 9.73. The van der Waals surface area contributed by atoms with Crippen LogP contribution in [0.1, 0.15) is 11.3 Å². The van der Waals surface area contributed by atoms with Crippen LogP contribution in [0.4, 0.5) is 0 Å². The summed E-state index contributed by atoms with van der Waals surface area (Å²) in [5.41, 5.74) is 0.448. The van der Waals surface area contributed by atoms with E-state index in [1.165, 1.54) is 12.5 Å². The van der Waals surface area contributed by atoms with E-state index in [2.05, 4.69) is 41.6 Å². The van der Waals surface area contributed by atoms with Crippen molar-refractivity contribution in [2.24, 2.45) is 5.16 Å². The molecule has 4 nitrogen and oxygen atoms in total. The van der Waals surface area contributed by atoms with Gasteiger partial charge < -0.3 is 8.94 Å². The summed E-state index contributed by atoms with van der Waals surface area (Å²) in [5.74, 6) is 0.471. The number of benzene rings is 3. The molecule has 4 rings (SSSR count). The lowest BCUT2D eigenvalue weighted by Gasteiger charge is -2.29. The Hall–Kier alpha value is -3.88. The van der Waals surface area contributed by atoms with Gasteiger partial charge in [-0.15, -0.1) is 5.16 Å². The predicted octanol–water partition coefficient (Wildman–Crippen LogP) is 3.17. The molecule has 0 spiro atoms. The van der Waals surface area contributed by atoms with Crippen LogP contribution < -0.4 is 15.6 Å². The minimum absolute atomic E-state index is 0.448. The standard InChI is InChI=1S/C24H18N2O2Si/c25-17-20-16-21(27-19-20)18-26-28-29(22-10-4-1-5-11-22,23-12-6-2-7-13-23)24-14-8-3-9-15-24/h1-16,18-19H. The maximum Gasteiger partial charge on any atom is 0.380 e. The van der Waals surface area contributed by atoms with Crippen LogP contribution in [-0.2, 0) is 4.53 Å². The Morgan fingerprint density at radius 3 is 1.69 bits per heavy atom. The maximum absolute atomic E-state index is 8.97. The summed E-state index contributed by atoms with van der Waals surface area (Å²) in [6.07, 6.45) is 2.91. The first-order valence-corrected chi connectivity index (χ1v) is 11.1. The van der Waals surface area contributed by atoms with E-state index in [-0.39, 0.29) is 0 Å². The van der Waals surface area contributed by atoms with Gasteiger partial charge in [-0.1, -0.05) is 91.0 Å². The van der Waals surface area contributed by atoms with Gasteiger partial charge in [0.15, 0.2) is 0 Å². The first-order chi connectivity index (χ1) is 14.3. The highest BCUT2D eigenvalue weighted by atomic mass is 28.4. The van der Waals surface area contributed by atoms with Crippen LogP contribution in [0.15, 0.2) is 113 Å². The van der Waals surface area contributed by atoms with Gasteiger partial charge in [0.1, 0.15) is 24.3 Å². The van der Waals surface area contributed by atoms with Crippen molar-refractivity contribution in [1.29, 1.82) is 5.26 Å². The molecule has 0 amide bonds. The van der Waals surface area contributed by atoms with E-state index in [0.717, 1.165) is 15.6 Å². The monoisotopic (exact) mass is 394 g/mol. The molecular formula is C24H18N2O2Si. The fourth-order valence-electron chi connectivity index (χ4n) is 3.31. The highest BCUT2D eigenvalue weighted by molar-refractivity contribution is 7.07. The molecule has 5 heteroatoms. The Balaban J connectivity index is 1.84. The summed E-state index contributed by atoms with van der Waals surface area (Å²) in [6, 6.07) is 34.3. The molecule has 3 aromatic carbocycles. The number of hydrogen-bond donors (Lipinski definition) is 0. The molecule has 0 bridgehead atoms. The van der Waals surface area contributed by atoms with Crippen molar-refractivity contribution in [2.75, 3.05) is 0 Å². The Bertz CT molecular complexity index is 1040. The lowest BCUT2D eigenvalue weighted by Crippen LogP contribution is -2.68. The predicted molar refractivity (Wildman–Crippen MR) is 116 cm³/mol. The zero-order valence-corrected chi connectivity index (χ0v) is 16.6. The molecule has 0 saturated carbocycles. The molecule has 0 N–H and O–H groups in total. The number of nitrogens with zero attached hydrogens (tertiary/aromatic N) is 2. The van der Waals surface area contributed by atoms with Crippen LogP contribution in [-0.4, -0.2) is 14.5 Å². The Labute approximate surface area is 170 Å². The molecule has 140 valence electrons. The number of rotatable bonds is 6. The zero-order chi connectivity index (χ0) is 19.9. The summed E-state index contributed by atoms with van der Waals surface area (Å²) in [4.78, 5) is 0. The molecule has 0 radical (unpaired) electrons. The van der Waals surface area contributed by atoms with E-state index >= 15 is 0 Å². The van der Waals surface area contributed by atoms with E-state index in [0.29, 0.717) is 11.3 Å². The van der Waals surface area contributed by atoms with Crippen molar-refractivity contribution in [3.05, 3.63) is 115 Å². The van der Waals surface area contributed by atoms with Gasteiger partial charge in [-0.3, -0.25) is 0 Å². The van der Waals surface area contributed by atoms with Gasteiger partial charge in [0.25, 0.3) is 0 Å². The van der Waals surface area contributed by atoms with Crippen molar-refractivity contribution in [3.63, 3.8) is 0 Å². The molecule has 1 heterocycles. The van der Waals surface area contributed by atoms with Crippen molar-refractivity contribution >= 4 is 30.1 Å². The molecule has 0 aliphatic heterocycles. The average molecular weight is 395 g/mol. The van der Waals surface area contributed by atoms with E-state index in [4.69, 9.17) is 14.2 Å². The first-order valence-electron chi connectivity index (χ1n) is 9.20. The summed E-state index contributed by atoms with van der Waals surface area (Å²) >= 11 is 0. The number of furan rings is 1. The summed E-state index contributed by atoms with van der Waals surface area (Å²) in [7, 11) is -2.88. The van der Waals surface area contributed by atoms with Crippen molar-refractivity contribution in [2.45, 2.75) is 0 Å². The van der Waals surface area contributed by atoms with Crippen LogP contribution in [0.5, 0.6) is 0 Å². The van der Waals surface area contributed by atoms with Gasteiger partial charge in [0.05, 0.1) is 5.56 Å². The van der Waals surface area contributed by atoms with Gasteiger partial charge in [0.2, 0.25) is 0 Å². The summed E-state index contributed by atoms with van der Waals surface area (Å²) in [5, 5.41) is 16.6. The van der Waals surface area contributed by atoms with Gasteiger partial charge in [-0.25, -0.2) is 0 Å². The van der Waals surface area contributed by atoms with Crippen molar-refractivity contribution in [1.82, 2.24) is 0 Å². The molecule has 4 aromatic rings. The fourth-order valence-corrected chi connectivity index (χ4v) is 6.83. The number of oxime groups is 1. The Morgan fingerprint density at radius 1 is 0.793 bits per heavy atom. The van der Waals surface area contributed by atoms with Crippen molar-refractivity contribution < 1.29 is 8.94 Å². The molecule has 0 aliphatic rings. The zero-order valence-electron chi connectivity index (χ0n) is 15.6. The minimum atomic E-state index is -2.88. The number of nitriles is 1. The van der Waals surface area contributed by atoms with Crippen LogP contribution in [0.3, 0.4) is 0 Å². The molecule has 0 saturated heterocycles. The van der Waals surface area contributed by atoms with Crippen LogP contribution in [0, 0.1) is 11.3 Å². The van der Waals surface area contributed by atoms with Gasteiger partial charge >= 0.3 is 8.32 Å². The summed E-state index contributed by atoms with van der Waals surface area (Å²) in [6.45, 7) is 0. The van der Waals surface area contributed by atoms with Crippen LogP contribution in [0.2, 0.25) is 0 Å². The number of hydrogen-bond acceptors (Lipinski definition) is 4. The SMILES string of the molecule is N#Cc1coc(C=NO[Si](c2ccccc2)(c2ccccc2)c2ccccc2)c1. The smallest absolute Gasteiger partial charge is 0.380 e. The van der Waals surface area contributed by atoms with Crippen molar-refractivity contribution in [3.8, 4) is 6.07 Å². The first kappa shape index (κ1) is 18.5. The Morgan fingerprint density at radius 2 is 1.28 bits per heavy atom. The molecule has 0 fully saturated rings. The van der Waals surface area contributed by atoms with Gasteiger partial charge in [-0.05, 0) is 15.6 Å². The maximum atomic E-state index is 8.97. The summed E-state index contributed by atoms with van der Waals surface area (Å²) < 4.78 is 11.8. The lowest BCUT2D eigenvalue weighted by atomic mass is 10.3. The normalized spacial score (nSPS) is 11.3. The highest BCUT2D eigenvalue weighted by Gasteiger charge is 2.44. The lowest BCUT2D eigenvalue weighted by molar-refractivity contribution is 0.350. The quantitative estimate of drug-likeness (QED) is 0.218. The molecule has 0 aliphatic carbocycles. The largest absolute Gasteiger partial charge is 0.462 e. The second kappa shape index (κ2) is 8.42. The topological polar surface area (TPSA) is 58.5 Å². The Kier molecular flexibility index (Phi) is 5.37. The average Bonchev–Trinajstić information content (AvgIpc) is 3.27. The minimum Gasteiger partial charge on any atom is -0.462 e. The molecule has 0 atom stereocenters. The van der Waals surface area contributed by atoms with E-state index in [1.54, 1.807) is 6.07 Å². The van der Waals surface area contributed by atoms with Gasteiger partial charge in [0, 0.05) is 6.07 Å².